The average molecular weight is 273 g/mol. The summed E-state index contributed by atoms with van der Waals surface area (Å²) in [6.45, 7) is 5.66. The van der Waals surface area contributed by atoms with Crippen molar-refractivity contribution < 1.29 is 14.9 Å². The lowest BCUT2D eigenvalue weighted by Gasteiger charge is -2.22. The molecule has 18 heavy (non-hydrogen) atoms. The van der Waals surface area contributed by atoms with Crippen LogP contribution >= 0.6 is 11.6 Å². The lowest BCUT2D eigenvalue weighted by molar-refractivity contribution is 0.0833. The van der Waals surface area contributed by atoms with Crippen molar-refractivity contribution >= 4 is 11.6 Å². The standard InChI is InChI=1S/C14H21ClO3/c1-8(5-11(17)7-16)13-10(3)14(15)9(2)6-12(13)18-4/h6,8,11,16-17H,5,7H2,1-4H3. The number of rotatable bonds is 5. The van der Waals surface area contributed by atoms with Gasteiger partial charge in [0.05, 0.1) is 19.8 Å². The molecule has 2 unspecified atom stereocenters. The first-order chi connectivity index (χ1) is 8.42. The number of ether oxygens (including phenoxy) is 1. The Morgan fingerprint density at radius 2 is 2.00 bits per heavy atom. The van der Waals surface area contributed by atoms with E-state index in [1.165, 1.54) is 0 Å². The van der Waals surface area contributed by atoms with E-state index in [9.17, 15) is 5.11 Å². The van der Waals surface area contributed by atoms with E-state index in [-0.39, 0.29) is 12.5 Å². The van der Waals surface area contributed by atoms with Crippen LogP contribution in [0.2, 0.25) is 5.02 Å². The Kier molecular flexibility index (Phi) is 5.45. The fourth-order valence-corrected chi connectivity index (χ4v) is 2.47. The van der Waals surface area contributed by atoms with Gasteiger partial charge in [0.2, 0.25) is 0 Å². The number of methoxy groups -OCH3 is 1. The Bertz CT molecular complexity index is 418. The van der Waals surface area contributed by atoms with Crippen molar-refractivity contribution in [3.05, 3.63) is 27.8 Å². The third-order valence-corrected chi connectivity index (χ3v) is 3.82. The second kappa shape index (κ2) is 6.41. The minimum absolute atomic E-state index is 0.0696. The molecule has 1 rings (SSSR count). The highest BCUT2D eigenvalue weighted by molar-refractivity contribution is 6.32. The number of aliphatic hydroxyl groups excluding tert-OH is 2. The van der Waals surface area contributed by atoms with Gasteiger partial charge in [-0.05, 0) is 43.4 Å². The van der Waals surface area contributed by atoms with E-state index >= 15 is 0 Å². The zero-order valence-electron chi connectivity index (χ0n) is 11.3. The number of aryl methyl sites for hydroxylation is 1. The van der Waals surface area contributed by atoms with Crippen LogP contribution in [0, 0.1) is 13.8 Å². The van der Waals surface area contributed by atoms with Crippen LogP contribution in [0.3, 0.4) is 0 Å². The molecule has 0 aromatic heterocycles. The maximum absolute atomic E-state index is 9.54. The lowest BCUT2D eigenvalue weighted by Crippen LogP contribution is -2.16. The van der Waals surface area contributed by atoms with Gasteiger partial charge in [0.25, 0.3) is 0 Å². The molecule has 0 spiro atoms. The summed E-state index contributed by atoms with van der Waals surface area (Å²) in [5.74, 6) is 0.854. The topological polar surface area (TPSA) is 49.7 Å². The van der Waals surface area contributed by atoms with Gasteiger partial charge in [-0.2, -0.15) is 0 Å². The maximum atomic E-state index is 9.54. The molecule has 1 aromatic rings. The van der Waals surface area contributed by atoms with Gasteiger partial charge in [0, 0.05) is 10.6 Å². The molecule has 1 aromatic carbocycles. The van der Waals surface area contributed by atoms with Crippen LogP contribution in [0.5, 0.6) is 5.75 Å². The SMILES string of the molecule is COc1cc(C)c(Cl)c(C)c1C(C)CC(O)CO. The molecule has 0 fully saturated rings. The molecule has 0 heterocycles. The van der Waals surface area contributed by atoms with Crippen molar-refractivity contribution in [1.82, 2.24) is 0 Å². The van der Waals surface area contributed by atoms with E-state index in [1.807, 2.05) is 26.8 Å². The van der Waals surface area contributed by atoms with E-state index in [4.69, 9.17) is 21.4 Å². The van der Waals surface area contributed by atoms with Crippen molar-refractivity contribution in [1.29, 1.82) is 0 Å². The Labute approximate surface area is 113 Å². The molecule has 3 nitrogen and oxygen atoms in total. The van der Waals surface area contributed by atoms with Gasteiger partial charge in [-0.1, -0.05) is 18.5 Å². The van der Waals surface area contributed by atoms with Crippen LogP contribution < -0.4 is 4.74 Å². The van der Waals surface area contributed by atoms with Crippen LogP contribution in [-0.2, 0) is 0 Å². The number of halogens is 1. The highest BCUT2D eigenvalue weighted by atomic mass is 35.5. The van der Waals surface area contributed by atoms with Crippen LogP contribution in [0.15, 0.2) is 6.07 Å². The first-order valence-corrected chi connectivity index (χ1v) is 6.42. The van der Waals surface area contributed by atoms with E-state index in [0.717, 1.165) is 27.5 Å². The molecule has 0 saturated carbocycles. The number of benzene rings is 1. The molecule has 0 aliphatic carbocycles. The normalized spacial score (nSPS) is 14.4. The molecule has 4 heteroatoms. The van der Waals surface area contributed by atoms with Gasteiger partial charge in [-0.25, -0.2) is 0 Å². The predicted molar refractivity (Wildman–Crippen MR) is 73.6 cm³/mol. The maximum Gasteiger partial charge on any atom is 0.122 e. The van der Waals surface area contributed by atoms with Crippen LogP contribution in [-0.4, -0.2) is 30.0 Å². The highest BCUT2D eigenvalue weighted by Gasteiger charge is 2.20. The van der Waals surface area contributed by atoms with E-state index < -0.39 is 6.10 Å². The smallest absolute Gasteiger partial charge is 0.122 e. The van der Waals surface area contributed by atoms with Crippen LogP contribution in [0.1, 0.15) is 36.0 Å². The van der Waals surface area contributed by atoms with Gasteiger partial charge in [-0.15, -0.1) is 0 Å². The number of hydrogen-bond donors (Lipinski definition) is 2. The fraction of sp³-hybridized carbons (Fsp3) is 0.571. The van der Waals surface area contributed by atoms with Gasteiger partial charge in [0.1, 0.15) is 5.75 Å². The molecule has 0 aliphatic rings. The minimum atomic E-state index is -0.718. The van der Waals surface area contributed by atoms with E-state index in [2.05, 4.69) is 0 Å². The summed E-state index contributed by atoms with van der Waals surface area (Å²) in [6.07, 6.45) is -0.239. The van der Waals surface area contributed by atoms with E-state index in [0.29, 0.717) is 6.42 Å². The molecule has 0 bridgehead atoms. The highest BCUT2D eigenvalue weighted by Crippen LogP contribution is 2.37. The molecular formula is C14H21ClO3. The van der Waals surface area contributed by atoms with Crippen molar-refractivity contribution in [2.24, 2.45) is 0 Å². The van der Waals surface area contributed by atoms with Crippen LogP contribution in [0.4, 0.5) is 0 Å². The zero-order valence-corrected chi connectivity index (χ0v) is 12.1. The first kappa shape index (κ1) is 15.3. The quantitative estimate of drug-likeness (QED) is 0.867. The van der Waals surface area contributed by atoms with Gasteiger partial charge >= 0.3 is 0 Å². The summed E-state index contributed by atoms with van der Waals surface area (Å²) in [5.41, 5.74) is 2.96. The monoisotopic (exact) mass is 272 g/mol. The van der Waals surface area contributed by atoms with Gasteiger partial charge < -0.3 is 14.9 Å². The Hall–Kier alpha value is -0.770. The summed E-state index contributed by atoms with van der Waals surface area (Å²) in [6, 6.07) is 1.91. The van der Waals surface area contributed by atoms with Gasteiger partial charge in [-0.3, -0.25) is 0 Å². The summed E-state index contributed by atoms with van der Waals surface area (Å²) >= 11 is 6.26. The molecule has 2 atom stereocenters. The van der Waals surface area contributed by atoms with Crippen molar-refractivity contribution in [3.8, 4) is 5.75 Å². The third kappa shape index (κ3) is 3.16. The van der Waals surface area contributed by atoms with Gasteiger partial charge in [0.15, 0.2) is 0 Å². The van der Waals surface area contributed by atoms with Crippen molar-refractivity contribution in [2.45, 2.75) is 39.2 Å². The van der Waals surface area contributed by atoms with Crippen molar-refractivity contribution in [2.75, 3.05) is 13.7 Å². The summed E-state index contributed by atoms with van der Waals surface area (Å²) < 4.78 is 5.40. The second-order valence-corrected chi connectivity index (χ2v) is 5.10. The summed E-state index contributed by atoms with van der Waals surface area (Å²) in [7, 11) is 1.63. The number of hydrogen-bond acceptors (Lipinski definition) is 3. The Morgan fingerprint density at radius 3 is 2.50 bits per heavy atom. The Balaban J connectivity index is 3.17. The predicted octanol–water partition coefficient (Wildman–Crippen LogP) is 2.81. The fourth-order valence-electron chi connectivity index (χ4n) is 2.32. The molecule has 0 radical (unpaired) electrons. The first-order valence-electron chi connectivity index (χ1n) is 6.04. The molecular weight excluding hydrogens is 252 g/mol. The largest absolute Gasteiger partial charge is 0.496 e. The van der Waals surface area contributed by atoms with Crippen LogP contribution in [0.25, 0.3) is 0 Å². The molecule has 0 aliphatic heterocycles. The molecule has 0 amide bonds. The summed E-state index contributed by atoms with van der Waals surface area (Å²) in [4.78, 5) is 0. The Morgan fingerprint density at radius 1 is 1.39 bits per heavy atom. The molecule has 2 N–H and O–H groups in total. The van der Waals surface area contributed by atoms with Crippen molar-refractivity contribution in [3.63, 3.8) is 0 Å². The second-order valence-electron chi connectivity index (χ2n) is 4.72. The molecule has 102 valence electrons. The zero-order chi connectivity index (χ0) is 13.9. The van der Waals surface area contributed by atoms with E-state index in [1.54, 1.807) is 7.11 Å². The minimum Gasteiger partial charge on any atom is -0.496 e. The summed E-state index contributed by atoms with van der Waals surface area (Å²) in [5, 5.41) is 19.2. The molecule has 0 saturated heterocycles. The third-order valence-electron chi connectivity index (χ3n) is 3.24. The number of aliphatic hydroxyl groups is 2. The lowest BCUT2D eigenvalue weighted by atomic mass is 9.89. The average Bonchev–Trinajstić information content (AvgIpc) is 2.34.